The van der Waals surface area contributed by atoms with Gasteiger partial charge in [-0.1, -0.05) is 21.1 Å². The number of nitrogens with one attached hydrogen (secondary N) is 2. The Labute approximate surface area is 121 Å². The second-order valence-corrected chi connectivity index (χ2v) is 4.98. The fourth-order valence-corrected chi connectivity index (χ4v) is 1.94. The van der Waals surface area contributed by atoms with Crippen molar-refractivity contribution >= 4 is 40.9 Å². The maximum atomic E-state index is 11.4. The molecular formula is C12H16N2O4P2. The van der Waals surface area contributed by atoms with Crippen LogP contribution in [0.4, 0.5) is 5.69 Å². The Morgan fingerprint density at radius 1 is 1.25 bits per heavy atom. The van der Waals surface area contributed by atoms with Crippen LogP contribution in [0.5, 0.6) is 0 Å². The van der Waals surface area contributed by atoms with Crippen molar-refractivity contribution in [3.05, 3.63) is 29.8 Å². The largest absolute Gasteiger partial charge is 0.437 e. The van der Waals surface area contributed by atoms with Crippen molar-refractivity contribution in [2.45, 2.75) is 12.8 Å². The smallest absolute Gasteiger partial charge is 0.399 e. The van der Waals surface area contributed by atoms with E-state index in [1.54, 1.807) is 31.3 Å². The molecule has 0 aromatic heterocycles. The van der Waals surface area contributed by atoms with E-state index in [0.717, 1.165) is 5.56 Å². The van der Waals surface area contributed by atoms with Crippen LogP contribution in [0.1, 0.15) is 12.0 Å². The Balaban J connectivity index is 2.52. The maximum Gasteiger partial charge on any atom is 0.399 e. The van der Waals surface area contributed by atoms with E-state index in [1.165, 1.54) is 0 Å². The van der Waals surface area contributed by atoms with Crippen LogP contribution in [0.2, 0.25) is 0 Å². The van der Waals surface area contributed by atoms with Gasteiger partial charge in [0.25, 0.3) is 0 Å². The number of anilines is 1. The summed E-state index contributed by atoms with van der Waals surface area (Å²) in [4.78, 5) is 33.7. The predicted octanol–water partition coefficient (Wildman–Crippen LogP) is 1.23. The van der Waals surface area contributed by atoms with Gasteiger partial charge < -0.3 is 15.2 Å². The second kappa shape index (κ2) is 8.62. The Bertz CT molecular complexity index is 491. The minimum Gasteiger partial charge on any atom is -0.437 e. The SMILES string of the molecule is CNC(=O)CCc1ccc(NC(=O)C(=O)OPP)cc1. The lowest BCUT2D eigenvalue weighted by atomic mass is 10.1. The van der Waals surface area contributed by atoms with Gasteiger partial charge in [0.1, 0.15) is 0 Å². The minimum atomic E-state index is -0.915. The van der Waals surface area contributed by atoms with Gasteiger partial charge in [0, 0.05) is 19.2 Å². The topological polar surface area (TPSA) is 84.5 Å². The van der Waals surface area contributed by atoms with Gasteiger partial charge in [0.05, 0.1) is 8.50 Å². The number of rotatable bonds is 5. The summed E-state index contributed by atoms with van der Waals surface area (Å²) in [5.74, 6) is -1.75. The van der Waals surface area contributed by atoms with Crippen LogP contribution in [0.15, 0.2) is 24.3 Å². The van der Waals surface area contributed by atoms with Crippen LogP contribution < -0.4 is 10.6 Å². The fourth-order valence-electron chi connectivity index (χ4n) is 1.42. The van der Waals surface area contributed by atoms with Gasteiger partial charge in [-0.15, -0.1) is 0 Å². The first-order valence-corrected chi connectivity index (χ1v) is 8.56. The van der Waals surface area contributed by atoms with Gasteiger partial charge in [0.15, 0.2) is 0 Å². The van der Waals surface area contributed by atoms with Crippen molar-refractivity contribution in [3.8, 4) is 0 Å². The molecule has 2 amide bonds. The molecule has 0 bridgehead atoms. The quantitative estimate of drug-likeness (QED) is 0.632. The zero-order valence-electron chi connectivity index (χ0n) is 10.9. The van der Waals surface area contributed by atoms with Crippen molar-refractivity contribution < 1.29 is 18.9 Å². The molecule has 0 aliphatic rings. The van der Waals surface area contributed by atoms with Crippen LogP contribution in [0.3, 0.4) is 0 Å². The lowest BCUT2D eigenvalue weighted by molar-refractivity contribution is -0.144. The first-order chi connectivity index (χ1) is 9.56. The standard InChI is InChI=1S/C12H16N2O4P2/c1-13-10(15)7-4-8-2-5-9(6-3-8)14-11(16)12(17)18-20-19/h2-3,5-6,20H,4,7,19H2,1H3,(H,13,15)(H,14,16). The molecule has 1 aromatic carbocycles. The molecule has 0 fully saturated rings. The predicted molar refractivity (Wildman–Crippen MR) is 81.6 cm³/mol. The highest BCUT2D eigenvalue weighted by atomic mass is 32.0. The van der Waals surface area contributed by atoms with Crippen molar-refractivity contribution in [2.75, 3.05) is 12.4 Å². The molecular weight excluding hydrogens is 298 g/mol. The molecule has 2 atom stereocenters. The van der Waals surface area contributed by atoms with Crippen LogP contribution >= 0.6 is 17.4 Å². The average molecular weight is 314 g/mol. The highest BCUT2D eigenvalue weighted by molar-refractivity contribution is 8.00. The van der Waals surface area contributed by atoms with Gasteiger partial charge in [-0.05, 0) is 24.1 Å². The highest BCUT2D eigenvalue weighted by Gasteiger charge is 2.14. The van der Waals surface area contributed by atoms with Crippen molar-refractivity contribution in [1.29, 1.82) is 0 Å². The molecule has 2 N–H and O–H groups in total. The summed E-state index contributed by atoms with van der Waals surface area (Å²) >= 11 is 0. The number of aryl methyl sites for hydroxylation is 1. The molecule has 8 heteroatoms. The molecule has 0 saturated heterocycles. The van der Waals surface area contributed by atoms with Crippen molar-refractivity contribution in [1.82, 2.24) is 5.32 Å². The van der Waals surface area contributed by atoms with E-state index in [9.17, 15) is 14.4 Å². The Kier molecular flexibility index (Phi) is 7.13. The number of amides is 2. The molecule has 6 nitrogen and oxygen atoms in total. The lowest BCUT2D eigenvalue weighted by Crippen LogP contribution is -2.22. The molecule has 0 radical (unpaired) electrons. The molecule has 1 aromatic rings. The van der Waals surface area contributed by atoms with E-state index in [1.807, 2.05) is 0 Å². The van der Waals surface area contributed by atoms with Crippen LogP contribution in [0, 0.1) is 0 Å². The van der Waals surface area contributed by atoms with Gasteiger partial charge in [0.2, 0.25) is 5.91 Å². The molecule has 0 heterocycles. The van der Waals surface area contributed by atoms with E-state index in [4.69, 9.17) is 0 Å². The van der Waals surface area contributed by atoms with Crippen molar-refractivity contribution in [3.63, 3.8) is 0 Å². The van der Waals surface area contributed by atoms with Crippen LogP contribution in [-0.2, 0) is 25.3 Å². The average Bonchev–Trinajstić information content (AvgIpc) is 2.46. The summed E-state index contributed by atoms with van der Waals surface area (Å²) in [5.41, 5.74) is 1.48. The zero-order valence-corrected chi connectivity index (χ0v) is 13.1. The summed E-state index contributed by atoms with van der Waals surface area (Å²) in [7, 11) is 3.67. The Hall–Kier alpha value is -1.51. The summed E-state index contributed by atoms with van der Waals surface area (Å²) in [5, 5.41) is 4.98. The molecule has 0 aliphatic carbocycles. The number of benzene rings is 1. The lowest BCUT2D eigenvalue weighted by Gasteiger charge is -2.06. The highest BCUT2D eigenvalue weighted by Crippen LogP contribution is 2.21. The third kappa shape index (κ3) is 5.64. The number of carbonyl (C=O) groups is 3. The monoisotopic (exact) mass is 314 g/mol. The second-order valence-electron chi connectivity index (χ2n) is 3.83. The van der Waals surface area contributed by atoms with Crippen molar-refractivity contribution in [2.24, 2.45) is 0 Å². The van der Waals surface area contributed by atoms with E-state index < -0.39 is 11.9 Å². The first-order valence-electron chi connectivity index (χ1n) is 5.84. The molecule has 20 heavy (non-hydrogen) atoms. The summed E-state index contributed by atoms with van der Waals surface area (Å²) in [6.07, 6.45) is 1.02. The third-order valence-electron chi connectivity index (χ3n) is 2.47. The van der Waals surface area contributed by atoms with Gasteiger partial charge in [-0.25, -0.2) is 4.79 Å². The summed E-state index contributed by atoms with van der Waals surface area (Å²) in [6, 6.07) is 6.93. The van der Waals surface area contributed by atoms with Crippen LogP contribution in [0.25, 0.3) is 0 Å². The fraction of sp³-hybridized carbons (Fsp3) is 0.250. The molecule has 2 unspecified atom stereocenters. The summed E-state index contributed by atoms with van der Waals surface area (Å²) < 4.78 is 4.57. The molecule has 0 aliphatic heterocycles. The molecule has 0 spiro atoms. The molecule has 0 saturated carbocycles. The van der Waals surface area contributed by atoms with E-state index in [-0.39, 0.29) is 14.4 Å². The molecule has 1 rings (SSSR count). The number of hydrogen-bond donors (Lipinski definition) is 2. The maximum absolute atomic E-state index is 11.4. The Morgan fingerprint density at radius 2 is 1.90 bits per heavy atom. The number of hydrogen-bond acceptors (Lipinski definition) is 4. The van der Waals surface area contributed by atoms with E-state index in [0.29, 0.717) is 18.5 Å². The number of carbonyl (C=O) groups excluding carboxylic acids is 3. The Morgan fingerprint density at radius 3 is 2.45 bits per heavy atom. The molecule has 108 valence electrons. The minimum absolute atomic E-state index is 0.0246. The van der Waals surface area contributed by atoms with Gasteiger partial charge in [-0.3, -0.25) is 9.59 Å². The van der Waals surface area contributed by atoms with E-state index >= 15 is 0 Å². The van der Waals surface area contributed by atoms with Gasteiger partial charge >= 0.3 is 11.9 Å². The van der Waals surface area contributed by atoms with Gasteiger partial charge in [-0.2, -0.15) is 0 Å². The summed E-state index contributed by atoms with van der Waals surface area (Å²) in [6.45, 7) is 0. The first kappa shape index (κ1) is 16.5. The van der Waals surface area contributed by atoms with E-state index in [2.05, 4.69) is 24.1 Å². The zero-order chi connectivity index (χ0) is 15.0. The third-order valence-corrected chi connectivity index (χ3v) is 3.13. The normalized spacial score (nSPS) is 10.3. The van der Waals surface area contributed by atoms with Crippen LogP contribution in [-0.4, -0.2) is 24.8 Å².